The average Bonchev–Trinajstić information content (AvgIpc) is 0.824. The Morgan fingerprint density at radius 1 is 0.350 bits per heavy atom. The first-order chi connectivity index (χ1) is 50.1. The number of fused-ring (bicyclic) bond motifs is 7. The van der Waals surface area contributed by atoms with Crippen LogP contribution in [0, 0.1) is 0 Å². The van der Waals surface area contributed by atoms with E-state index in [9.17, 15) is 30.2 Å². The molecule has 1 aromatic heterocycles. The van der Waals surface area contributed by atoms with Crippen molar-refractivity contribution in [2.45, 2.75) is 26.2 Å². The molecular formula is C76H55BN2O. The molecule has 0 bridgehead atoms. The molecule has 0 amide bonds. The molecule has 378 valence electrons. The van der Waals surface area contributed by atoms with Crippen molar-refractivity contribution >= 4 is 79.2 Å². The molecule has 0 fully saturated rings. The number of hydrogen-bond donors (Lipinski definition) is 0. The molecule has 3 heterocycles. The Morgan fingerprint density at radius 2 is 0.787 bits per heavy atom. The zero-order valence-corrected chi connectivity index (χ0v) is 42.9. The smallest absolute Gasteiger partial charge is 0.252 e. The summed E-state index contributed by atoms with van der Waals surface area (Å²) in [6, 6.07) is 12.3. The second-order valence-corrected chi connectivity index (χ2v) is 20.4. The van der Waals surface area contributed by atoms with E-state index in [-0.39, 0.29) is 39.4 Å². The number of anilines is 6. The maximum atomic E-state index is 10.3. The van der Waals surface area contributed by atoms with Crippen LogP contribution in [0.15, 0.2) is 283 Å². The van der Waals surface area contributed by atoms with Crippen molar-refractivity contribution in [2.24, 2.45) is 0 Å². The van der Waals surface area contributed by atoms with Crippen LogP contribution >= 0.6 is 0 Å². The second-order valence-electron chi connectivity index (χ2n) is 20.4. The van der Waals surface area contributed by atoms with Gasteiger partial charge < -0.3 is 14.2 Å². The Balaban J connectivity index is 1.28. The number of hydrogen-bond acceptors (Lipinski definition) is 3. The minimum absolute atomic E-state index is 0.00393. The fourth-order valence-corrected chi connectivity index (χ4v) is 11.5. The van der Waals surface area contributed by atoms with Crippen molar-refractivity contribution < 1.29 is 40.1 Å². The average molecular weight is 1050 g/mol. The minimum atomic E-state index is -1.19. The summed E-state index contributed by atoms with van der Waals surface area (Å²) in [5, 5.41) is 1.09. The Labute approximate surface area is 504 Å². The Bertz CT molecular complexity index is 5810. The predicted molar refractivity (Wildman–Crippen MR) is 339 cm³/mol. The first-order valence-corrected chi connectivity index (χ1v) is 25.7. The van der Waals surface area contributed by atoms with E-state index in [1.165, 1.54) is 9.80 Å². The third kappa shape index (κ3) is 7.74. The summed E-state index contributed by atoms with van der Waals surface area (Å²) in [4.78, 5) is 2.98. The zero-order chi connectivity index (χ0) is 76.1. The first-order valence-electron chi connectivity index (χ1n) is 38.7. The van der Waals surface area contributed by atoms with Gasteiger partial charge in [-0.15, -0.1) is 0 Å². The molecule has 80 heavy (non-hydrogen) atoms. The summed E-state index contributed by atoms with van der Waals surface area (Å²) in [5.74, 6) is 0. The lowest BCUT2D eigenvalue weighted by molar-refractivity contribution is 0.592. The molecule has 0 spiro atoms. The van der Waals surface area contributed by atoms with Crippen LogP contribution in [0.25, 0.3) is 88.7 Å². The monoisotopic (exact) mass is 1050 g/mol. The molecule has 12 aromatic carbocycles. The molecule has 0 atom stereocenters. The molecule has 13 aromatic rings. The highest BCUT2D eigenvalue weighted by molar-refractivity contribution is 7.00. The Morgan fingerprint density at radius 3 is 1.27 bits per heavy atom. The molecular weight excluding hydrogens is 968 g/mol. The van der Waals surface area contributed by atoms with Crippen LogP contribution in [-0.2, 0) is 5.41 Å². The predicted octanol–water partition coefficient (Wildman–Crippen LogP) is 19.0. The Kier molecular flexibility index (Phi) is 6.54. The fourth-order valence-electron chi connectivity index (χ4n) is 11.5. The number of benzene rings is 12. The van der Waals surface area contributed by atoms with E-state index in [1.807, 2.05) is 75.4 Å². The summed E-state index contributed by atoms with van der Waals surface area (Å²) in [6.45, 7) is 4.69. The van der Waals surface area contributed by atoms with E-state index in [4.69, 9.17) is 9.90 Å². The molecule has 15 rings (SSSR count). The van der Waals surface area contributed by atoms with Gasteiger partial charge in [0.25, 0.3) is 6.71 Å². The zero-order valence-electron chi connectivity index (χ0n) is 68.9. The molecule has 3 nitrogen and oxygen atoms in total. The van der Waals surface area contributed by atoms with E-state index < -0.39 is 225 Å². The van der Waals surface area contributed by atoms with Crippen LogP contribution in [0.3, 0.4) is 0 Å². The Hall–Kier alpha value is -9.90. The van der Waals surface area contributed by atoms with Crippen molar-refractivity contribution in [1.82, 2.24) is 0 Å². The van der Waals surface area contributed by atoms with Crippen LogP contribution in [-0.4, -0.2) is 6.71 Å². The van der Waals surface area contributed by atoms with Gasteiger partial charge >= 0.3 is 0 Å². The summed E-state index contributed by atoms with van der Waals surface area (Å²) in [7, 11) is 0. The summed E-state index contributed by atoms with van der Waals surface area (Å²) >= 11 is 0. The van der Waals surface area contributed by atoms with Crippen molar-refractivity contribution in [2.75, 3.05) is 9.80 Å². The molecule has 0 N–H and O–H groups in total. The normalized spacial score (nSPS) is 17.2. The number of para-hydroxylation sites is 3. The number of rotatable bonds is 8. The molecule has 0 saturated heterocycles. The third-order valence-corrected chi connectivity index (χ3v) is 14.8. The molecule has 0 radical (unpaired) electrons. The minimum Gasteiger partial charge on any atom is -0.456 e. The fraction of sp³-hybridized carbons (Fsp3) is 0.0526. The largest absolute Gasteiger partial charge is 0.456 e. The van der Waals surface area contributed by atoms with Gasteiger partial charge in [-0.1, -0.05) is 269 Å². The summed E-state index contributed by atoms with van der Waals surface area (Å²) in [5.41, 5.74) is -3.04. The summed E-state index contributed by atoms with van der Waals surface area (Å²) in [6.07, 6.45) is 0. The standard InChI is InChI=1S/C76H55BN2O/c1-76(2,3)64-48-67-65(46-62(64)55-36-20-9-21-37-55)77-66-47-63-61-38-22-23-43-71(61)80-72(63)49-68(66)79(75-59(53-32-16-7-17-33-53)41-25-42-60(75)54-34-18-8-19-35-54)70-45-56(50-26-10-4-11-27-50)44-69(73(70)77)78(67)74-57(51-28-12-5-13-29-51)39-24-40-58(74)52-30-14-6-15-31-52/h4-49H,1-3H3/i5D,6D,7D,8D,12D,13D,14D,15D,16D,17D,18D,19D,24D,25D,28D,29D,30D,31D,32D,33D,34D,35D,39D,40D,41D,42D. The van der Waals surface area contributed by atoms with Crippen molar-refractivity contribution in [1.29, 1.82) is 0 Å². The van der Waals surface area contributed by atoms with Gasteiger partial charge in [0, 0.05) is 61.8 Å². The first kappa shape index (κ1) is 27.6. The third-order valence-electron chi connectivity index (χ3n) is 14.8. The molecule has 0 saturated carbocycles. The molecule has 2 aliphatic rings. The van der Waals surface area contributed by atoms with Crippen LogP contribution in [0.1, 0.15) is 62.0 Å². The lowest BCUT2D eigenvalue weighted by atomic mass is 9.33. The van der Waals surface area contributed by atoms with Gasteiger partial charge in [0.2, 0.25) is 0 Å². The van der Waals surface area contributed by atoms with Crippen LogP contribution in [0.2, 0.25) is 0 Å². The number of furan rings is 1. The van der Waals surface area contributed by atoms with E-state index in [2.05, 4.69) is 0 Å². The van der Waals surface area contributed by atoms with E-state index >= 15 is 0 Å². The van der Waals surface area contributed by atoms with Gasteiger partial charge in [-0.3, -0.25) is 0 Å². The van der Waals surface area contributed by atoms with E-state index in [0.29, 0.717) is 49.5 Å². The van der Waals surface area contributed by atoms with Crippen molar-refractivity contribution in [3.63, 3.8) is 0 Å². The van der Waals surface area contributed by atoms with E-state index in [0.717, 1.165) is 0 Å². The van der Waals surface area contributed by atoms with Gasteiger partial charge in [0.05, 0.1) is 47.0 Å². The van der Waals surface area contributed by atoms with Gasteiger partial charge in [-0.05, 0) is 96.1 Å². The molecule has 4 heteroatoms. The summed E-state index contributed by atoms with van der Waals surface area (Å²) < 4.78 is 255. The maximum absolute atomic E-state index is 10.3. The van der Waals surface area contributed by atoms with Crippen molar-refractivity contribution in [3.8, 4) is 66.8 Å². The molecule has 0 aliphatic carbocycles. The second kappa shape index (κ2) is 18.9. The number of nitrogens with zero attached hydrogens (tertiary/aromatic N) is 2. The van der Waals surface area contributed by atoms with Crippen LogP contribution < -0.4 is 26.2 Å². The van der Waals surface area contributed by atoms with Crippen LogP contribution in [0.4, 0.5) is 34.1 Å². The van der Waals surface area contributed by atoms with Gasteiger partial charge in [0.1, 0.15) is 11.2 Å². The van der Waals surface area contributed by atoms with Crippen molar-refractivity contribution in [3.05, 3.63) is 284 Å². The molecule has 2 aliphatic heterocycles. The SMILES string of the molecule is [2H]c1c([2H])c([2H])c(-c2c([2H])c([2H])c([2H])c(-c3c([2H])c([2H])c([2H])c([2H])c3[2H])c2N2c3cc(C(C)(C)C)c(-c4ccccc4)cc3B3c4cc5c(cc4N(c4c(-c6c([2H])c([2H])c([2H])c([2H])c6[2H])c([2H])c([2H])c([2H])c4-c4c([2H])c([2H])c([2H])c([2H])c4[2H])c4cc(-c6ccccc6)cc2c43)oc2ccccc25)c([2H])c1[2H]. The highest BCUT2D eigenvalue weighted by Crippen LogP contribution is 2.55. The highest BCUT2D eigenvalue weighted by Gasteiger charge is 2.46. The van der Waals surface area contributed by atoms with Crippen LogP contribution in [0.5, 0.6) is 0 Å². The van der Waals surface area contributed by atoms with Gasteiger partial charge in [0.15, 0.2) is 0 Å². The topological polar surface area (TPSA) is 19.6 Å². The molecule has 0 unspecified atom stereocenters. The highest BCUT2D eigenvalue weighted by atomic mass is 16.3. The lowest BCUT2D eigenvalue weighted by Crippen LogP contribution is -2.61. The van der Waals surface area contributed by atoms with E-state index in [1.54, 1.807) is 66.7 Å². The van der Waals surface area contributed by atoms with Gasteiger partial charge in [-0.25, -0.2) is 0 Å². The van der Waals surface area contributed by atoms with Gasteiger partial charge in [-0.2, -0.15) is 0 Å². The quantitative estimate of drug-likeness (QED) is 0.141. The maximum Gasteiger partial charge on any atom is 0.252 e. The lowest BCUT2D eigenvalue weighted by Gasteiger charge is -2.46.